The van der Waals surface area contributed by atoms with E-state index in [2.05, 4.69) is 0 Å². The van der Waals surface area contributed by atoms with Crippen LogP contribution in [0.4, 0.5) is 10.5 Å². The van der Waals surface area contributed by atoms with Gasteiger partial charge in [0.05, 0.1) is 6.61 Å². The van der Waals surface area contributed by atoms with Gasteiger partial charge in [-0.25, -0.2) is 9.59 Å². The first-order chi connectivity index (χ1) is 7.63. The maximum atomic E-state index is 11.5. The third-order valence-electron chi connectivity index (χ3n) is 2.05. The van der Waals surface area contributed by atoms with Crippen molar-refractivity contribution < 1.29 is 13.9 Å². The fourth-order valence-corrected chi connectivity index (χ4v) is 1.40. The van der Waals surface area contributed by atoms with Gasteiger partial charge >= 0.3 is 11.8 Å². The highest BCUT2D eigenvalue weighted by atomic mass is 16.6. The summed E-state index contributed by atoms with van der Waals surface area (Å²) in [5, 5.41) is 0. The number of hydrogen-bond donors (Lipinski definition) is 1. The molecule has 0 saturated carbocycles. The van der Waals surface area contributed by atoms with Crippen LogP contribution < -0.4 is 11.5 Å². The Bertz CT molecular complexity index is 596. The van der Waals surface area contributed by atoms with Gasteiger partial charge in [0.1, 0.15) is 5.52 Å². The van der Waals surface area contributed by atoms with E-state index < -0.39 is 11.8 Å². The van der Waals surface area contributed by atoms with Crippen molar-refractivity contribution >= 4 is 22.9 Å². The minimum absolute atomic E-state index is 0.187. The highest BCUT2D eigenvalue weighted by Gasteiger charge is 2.16. The Morgan fingerprint density at radius 3 is 3.00 bits per heavy atom. The largest absolute Gasteiger partial charge is 0.449 e. The molecule has 1 aromatic carbocycles. The van der Waals surface area contributed by atoms with Crippen LogP contribution in [-0.4, -0.2) is 17.3 Å². The van der Waals surface area contributed by atoms with Gasteiger partial charge in [0.15, 0.2) is 5.58 Å². The summed E-state index contributed by atoms with van der Waals surface area (Å²) >= 11 is 0. The van der Waals surface area contributed by atoms with Gasteiger partial charge in [0.25, 0.3) is 0 Å². The summed E-state index contributed by atoms with van der Waals surface area (Å²) in [6.45, 7) is 1.84. The zero-order valence-corrected chi connectivity index (χ0v) is 8.60. The van der Waals surface area contributed by atoms with Gasteiger partial charge in [0, 0.05) is 11.8 Å². The molecule has 0 aliphatic rings. The molecule has 2 rings (SSSR count). The number of hydrogen-bond acceptors (Lipinski definition) is 5. The van der Waals surface area contributed by atoms with E-state index in [0.29, 0.717) is 11.2 Å². The Hall–Kier alpha value is -2.24. The Labute approximate surface area is 90.2 Å². The number of carbonyl (C=O) groups excluding carboxylic acids is 1. The average Bonchev–Trinajstić information content (AvgIpc) is 2.53. The van der Waals surface area contributed by atoms with Crippen molar-refractivity contribution in [3.8, 4) is 0 Å². The number of anilines is 1. The molecule has 0 saturated heterocycles. The molecule has 0 amide bonds. The van der Waals surface area contributed by atoms with Gasteiger partial charge < -0.3 is 14.9 Å². The molecule has 84 valence electrons. The normalized spacial score (nSPS) is 10.6. The Morgan fingerprint density at radius 1 is 1.56 bits per heavy atom. The van der Waals surface area contributed by atoms with Gasteiger partial charge in [0.2, 0.25) is 0 Å². The molecule has 16 heavy (non-hydrogen) atoms. The lowest BCUT2D eigenvalue weighted by Gasteiger charge is -2.00. The van der Waals surface area contributed by atoms with Crippen LogP contribution in [0.25, 0.3) is 11.1 Å². The second-order valence-corrected chi connectivity index (χ2v) is 3.13. The molecule has 0 aliphatic carbocycles. The molecule has 6 heteroatoms. The molecule has 0 unspecified atom stereocenters. The predicted molar refractivity (Wildman–Crippen MR) is 57.3 cm³/mol. The van der Waals surface area contributed by atoms with Crippen molar-refractivity contribution in [2.45, 2.75) is 6.92 Å². The molecule has 1 heterocycles. The quantitative estimate of drug-likeness (QED) is 0.732. The summed E-state index contributed by atoms with van der Waals surface area (Å²) in [6.07, 6.45) is -0.754. The van der Waals surface area contributed by atoms with Crippen molar-refractivity contribution in [3.05, 3.63) is 28.7 Å². The molecule has 6 nitrogen and oxygen atoms in total. The van der Waals surface area contributed by atoms with Crippen molar-refractivity contribution in [1.82, 2.24) is 4.57 Å². The topological polar surface area (TPSA) is 87.5 Å². The number of oxazole rings is 1. The van der Waals surface area contributed by atoms with Crippen LogP contribution in [-0.2, 0) is 4.74 Å². The Kier molecular flexibility index (Phi) is 2.40. The first-order valence-electron chi connectivity index (χ1n) is 4.71. The number of ether oxygens (including phenoxy) is 1. The molecular weight excluding hydrogens is 212 g/mol. The van der Waals surface area contributed by atoms with Crippen LogP contribution in [0.5, 0.6) is 0 Å². The van der Waals surface area contributed by atoms with Gasteiger partial charge in [-0.3, -0.25) is 0 Å². The minimum atomic E-state index is -0.779. The predicted octanol–water partition coefficient (Wildman–Crippen LogP) is 1.18. The van der Waals surface area contributed by atoms with E-state index in [1.807, 2.05) is 0 Å². The van der Waals surface area contributed by atoms with Crippen molar-refractivity contribution in [2.24, 2.45) is 0 Å². The molecule has 0 bridgehead atoms. The standard InChI is InChI=1S/C10H10N2O4/c1-2-15-9(13)12-7-4-3-6(11)5-8(7)16-10(12)14/h3-5H,2,11H2,1H3. The summed E-state index contributed by atoms with van der Waals surface area (Å²) in [5.74, 6) is -0.779. The molecule has 2 N–H and O–H groups in total. The van der Waals surface area contributed by atoms with Crippen molar-refractivity contribution in [3.63, 3.8) is 0 Å². The lowest BCUT2D eigenvalue weighted by atomic mass is 10.3. The number of fused-ring (bicyclic) bond motifs is 1. The van der Waals surface area contributed by atoms with E-state index in [1.54, 1.807) is 13.0 Å². The molecular formula is C10H10N2O4. The maximum absolute atomic E-state index is 11.5. The summed E-state index contributed by atoms with van der Waals surface area (Å²) in [5.41, 5.74) is 6.59. The number of nitrogens with zero attached hydrogens (tertiary/aromatic N) is 1. The van der Waals surface area contributed by atoms with Crippen molar-refractivity contribution in [2.75, 3.05) is 12.3 Å². The molecule has 2 aromatic rings. The van der Waals surface area contributed by atoms with Crippen LogP contribution in [0.1, 0.15) is 6.92 Å². The highest BCUT2D eigenvalue weighted by molar-refractivity contribution is 5.86. The summed E-state index contributed by atoms with van der Waals surface area (Å²) in [7, 11) is 0. The van der Waals surface area contributed by atoms with Gasteiger partial charge in [-0.05, 0) is 19.1 Å². The van der Waals surface area contributed by atoms with Crippen LogP contribution in [0.15, 0.2) is 27.4 Å². The highest BCUT2D eigenvalue weighted by Crippen LogP contribution is 2.16. The average molecular weight is 222 g/mol. The third kappa shape index (κ3) is 1.54. The molecule has 1 aromatic heterocycles. The Morgan fingerprint density at radius 2 is 2.31 bits per heavy atom. The van der Waals surface area contributed by atoms with E-state index in [4.69, 9.17) is 14.9 Å². The van der Waals surface area contributed by atoms with E-state index >= 15 is 0 Å². The number of rotatable bonds is 1. The van der Waals surface area contributed by atoms with Gasteiger partial charge in [-0.1, -0.05) is 0 Å². The van der Waals surface area contributed by atoms with E-state index in [1.165, 1.54) is 12.1 Å². The minimum Gasteiger partial charge on any atom is -0.449 e. The van der Waals surface area contributed by atoms with Crippen LogP contribution in [0, 0.1) is 0 Å². The summed E-state index contributed by atoms with van der Waals surface area (Å²) < 4.78 is 10.4. The zero-order chi connectivity index (χ0) is 11.7. The first-order valence-corrected chi connectivity index (χ1v) is 4.71. The number of carbonyl (C=O) groups is 1. The number of benzene rings is 1. The number of nitrogen functional groups attached to an aromatic ring is 1. The molecule has 0 fully saturated rings. The zero-order valence-electron chi connectivity index (χ0n) is 8.60. The molecule has 0 aliphatic heterocycles. The van der Waals surface area contributed by atoms with Crippen LogP contribution in [0.3, 0.4) is 0 Å². The molecule has 0 radical (unpaired) electrons. The lowest BCUT2D eigenvalue weighted by Crippen LogP contribution is -2.23. The van der Waals surface area contributed by atoms with E-state index in [9.17, 15) is 9.59 Å². The van der Waals surface area contributed by atoms with Crippen molar-refractivity contribution in [1.29, 1.82) is 0 Å². The fourth-order valence-electron chi connectivity index (χ4n) is 1.40. The third-order valence-corrected chi connectivity index (χ3v) is 2.05. The lowest BCUT2D eigenvalue weighted by molar-refractivity contribution is 0.153. The van der Waals surface area contributed by atoms with E-state index in [0.717, 1.165) is 4.57 Å². The summed E-state index contributed by atoms with van der Waals surface area (Å²) in [4.78, 5) is 22.9. The summed E-state index contributed by atoms with van der Waals surface area (Å²) in [6, 6.07) is 4.59. The van der Waals surface area contributed by atoms with Crippen LogP contribution >= 0.6 is 0 Å². The number of aromatic nitrogens is 1. The van der Waals surface area contributed by atoms with Gasteiger partial charge in [-0.2, -0.15) is 4.57 Å². The van der Waals surface area contributed by atoms with Gasteiger partial charge in [-0.15, -0.1) is 0 Å². The Balaban J connectivity index is 2.65. The van der Waals surface area contributed by atoms with Crippen LogP contribution in [0.2, 0.25) is 0 Å². The number of nitrogens with two attached hydrogens (primary N) is 1. The smallest absolute Gasteiger partial charge is 0.429 e. The van der Waals surface area contributed by atoms with E-state index in [-0.39, 0.29) is 12.2 Å². The molecule has 0 spiro atoms. The first kappa shape index (κ1) is 10.3. The SMILES string of the molecule is CCOC(=O)n1c(=O)oc2cc(N)ccc21. The maximum Gasteiger partial charge on any atom is 0.429 e. The molecule has 0 atom stereocenters. The second-order valence-electron chi connectivity index (χ2n) is 3.13. The fraction of sp³-hybridized carbons (Fsp3) is 0.200. The second kappa shape index (κ2) is 3.73. The monoisotopic (exact) mass is 222 g/mol.